The summed E-state index contributed by atoms with van der Waals surface area (Å²) in [6.07, 6.45) is -0.477. The Bertz CT molecular complexity index is 958. The van der Waals surface area contributed by atoms with Gasteiger partial charge < -0.3 is 15.7 Å². The van der Waals surface area contributed by atoms with Gasteiger partial charge in [0.25, 0.3) is 6.43 Å². The Labute approximate surface area is 155 Å². The third kappa shape index (κ3) is 3.55. The van der Waals surface area contributed by atoms with Crippen molar-refractivity contribution in [2.24, 2.45) is 0 Å². The van der Waals surface area contributed by atoms with Crippen LogP contribution in [0.4, 0.5) is 14.6 Å². The number of phenols is 1. The number of aromatic hydroxyl groups is 1. The van der Waals surface area contributed by atoms with E-state index in [0.29, 0.717) is 17.1 Å². The highest BCUT2D eigenvalue weighted by molar-refractivity contribution is 6.00. The van der Waals surface area contributed by atoms with E-state index >= 15 is 0 Å². The standard InChI is InChI=1S/C20H20F2N4O/c21-19(22)12-7-8-16(17(27)10-12)18-14-5-1-2-6-15(14)20(26-25-18)24-13-4-3-9-23-11-13/h1-2,5-8,10,13,19,23,27H,3-4,9,11H2,(H,24,26)/t13-/m1/s1. The van der Waals surface area contributed by atoms with Crippen molar-refractivity contribution in [1.29, 1.82) is 0 Å². The topological polar surface area (TPSA) is 70.1 Å². The fourth-order valence-electron chi connectivity index (χ4n) is 3.46. The highest BCUT2D eigenvalue weighted by atomic mass is 19.3. The Hall–Kier alpha value is -2.80. The molecule has 0 radical (unpaired) electrons. The molecule has 2 heterocycles. The minimum Gasteiger partial charge on any atom is -0.507 e. The van der Waals surface area contributed by atoms with Crippen LogP contribution < -0.4 is 10.6 Å². The summed E-state index contributed by atoms with van der Waals surface area (Å²) in [5.74, 6) is 0.455. The van der Waals surface area contributed by atoms with E-state index in [1.807, 2.05) is 24.3 Å². The average Bonchev–Trinajstić information content (AvgIpc) is 2.69. The van der Waals surface area contributed by atoms with Gasteiger partial charge in [-0.2, -0.15) is 0 Å². The quantitative estimate of drug-likeness (QED) is 0.645. The minimum absolute atomic E-state index is 0.225. The first-order valence-corrected chi connectivity index (χ1v) is 8.97. The van der Waals surface area contributed by atoms with Gasteiger partial charge in [0.1, 0.15) is 11.4 Å². The van der Waals surface area contributed by atoms with Gasteiger partial charge in [-0.05, 0) is 31.5 Å². The highest BCUT2D eigenvalue weighted by Crippen LogP contribution is 2.36. The van der Waals surface area contributed by atoms with Gasteiger partial charge >= 0.3 is 0 Å². The van der Waals surface area contributed by atoms with Gasteiger partial charge in [0.2, 0.25) is 0 Å². The molecule has 1 saturated heterocycles. The number of nitrogens with one attached hydrogen (secondary N) is 2. The van der Waals surface area contributed by atoms with Crippen LogP contribution in [0, 0.1) is 0 Å². The first-order valence-electron chi connectivity index (χ1n) is 8.97. The number of phenolic OH excluding ortho intramolecular Hbond substituents is 1. The van der Waals surface area contributed by atoms with Crippen molar-refractivity contribution in [3.8, 4) is 17.0 Å². The molecule has 1 aliphatic rings. The highest BCUT2D eigenvalue weighted by Gasteiger charge is 2.18. The monoisotopic (exact) mass is 370 g/mol. The summed E-state index contributed by atoms with van der Waals surface area (Å²) in [6, 6.07) is 11.8. The van der Waals surface area contributed by atoms with Crippen LogP contribution in [-0.2, 0) is 0 Å². The van der Waals surface area contributed by atoms with Crippen molar-refractivity contribution >= 4 is 16.6 Å². The lowest BCUT2D eigenvalue weighted by molar-refractivity contribution is 0.151. The van der Waals surface area contributed by atoms with E-state index in [9.17, 15) is 13.9 Å². The van der Waals surface area contributed by atoms with Crippen molar-refractivity contribution in [2.75, 3.05) is 18.4 Å². The van der Waals surface area contributed by atoms with Gasteiger partial charge in [0.15, 0.2) is 5.82 Å². The SMILES string of the molecule is Oc1cc(C(F)F)ccc1-c1nnc(N[C@@H]2CCCNC2)c2ccccc12. The van der Waals surface area contributed by atoms with Crippen LogP contribution in [0.1, 0.15) is 24.8 Å². The minimum atomic E-state index is -2.64. The summed E-state index contributed by atoms with van der Waals surface area (Å²) >= 11 is 0. The largest absolute Gasteiger partial charge is 0.507 e. The number of alkyl halides is 2. The molecule has 1 aliphatic heterocycles. The number of halogens is 2. The summed E-state index contributed by atoms with van der Waals surface area (Å²) in [5, 5.41) is 27.4. The van der Waals surface area contributed by atoms with Gasteiger partial charge in [-0.3, -0.25) is 0 Å². The molecular weight excluding hydrogens is 350 g/mol. The second kappa shape index (κ2) is 7.44. The lowest BCUT2D eigenvalue weighted by Gasteiger charge is -2.24. The van der Waals surface area contributed by atoms with Crippen LogP contribution in [0.5, 0.6) is 5.75 Å². The van der Waals surface area contributed by atoms with Gasteiger partial charge in [-0.15, -0.1) is 10.2 Å². The molecule has 5 nitrogen and oxygen atoms in total. The van der Waals surface area contributed by atoms with Crippen molar-refractivity contribution in [1.82, 2.24) is 15.5 Å². The maximum Gasteiger partial charge on any atom is 0.263 e. The Kier molecular flexibility index (Phi) is 4.85. The first-order chi connectivity index (χ1) is 13.1. The van der Waals surface area contributed by atoms with E-state index < -0.39 is 6.43 Å². The summed E-state index contributed by atoms with van der Waals surface area (Å²) in [4.78, 5) is 0. The predicted molar refractivity (Wildman–Crippen MR) is 101 cm³/mol. The zero-order valence-corrected chi connectivity index (χ0v) is 14.6. The van der Waals surface area contributed by atoms with E-state index in [2.05, 4.69) is 20.8 Å². The van der Waals surface area contributed by atoms with E-state index in [-0.39, 0.29) is 17.4 Å². The molecule has 1 fully saturated rings. The molecule has 1 aromatic heterocycles. The molecule has 0 amide bonds. The number of hydrogen-bond donors (Lipinski definition) is 3. The molecule has 0 aliphatic carbocycles. The lowest BCUT2D eigenvalue weighted by atomic mass is 10.0. The number of benzene rings is 2. The number of fused-ring (bicyclic) bond motifs is 1. The van der Waals surface area contributed by atoms with Gasteiger partial charge in [-0.25, -0.2) is 8.78 Å². The zero-order chi connectivity index (χ0) is 18.8. The van der Waals surface area contributed by atoms with Gasteiger partial charge in [0.05, 0.1) is 0 Å². The Morgan fingerprint density at radius 1 is 1.11 bits per heavy atom. The van der Waals surface area contributed by atoms with Crippen LogP contribution in [0.25, 0.3) is 22.0 Å². The average molecular weight is 370 g/mol. The van der Waals surface area contributed by atoms with Crippen molar-refractivity contribution in [3.05, 3.63) is 48.0 Å². The molecule has 27 heavy (non-hydrogen) atoms. The molecule has 0 spiro atoms. The molecule has 4 rings (SSSR count). The van der Waals surface area contributed by atoms with Crippen LogP contribution in [0.3, 0.4) is 0 Å². The number of aromatic nitrogens is 2. The molecule has 0 bridgehead atoms. The van der Waals surface area contributed by atoms with E-state index in [0.717, 1.165) is 42.8 Å². The number of piperidine rings is 1. The molecule has 3 N–H and O–H groups in total. The fraction of sp³-hybridized carbons (Fsp3) is 0.300. The first kappa shape index (κ1) is 17.6. The summed E-state index contributed by atoms with van der Waals surface area (Å²) in [6.45, 7) is 1.89. The summed E-state index contributed by atoms with van der Waals surface area (Å²) in [7, 11) is 0. The van der Waals surface area contributed by atoms with Crippen molar-refractivity contribution in [3.63, 3.8) is 0 Å². The molecule has 1 atom stereocenters. The van der Waals surface area contributed by atoms with E-state index in [1.165, 1.54) is 12.1 Å². The van der Waals surface area contributed by atoms with E-state index in [4.69, 9.17) is 0 Å². The van der Waals surface area contributed by atoms with Crippen LogP contribution in [-0.4, -0.2) is 34.4 Å². The molecule has 2 aromatic carbocycles. The number of rotatable bonds is 4. The number of anilines is 1. The third-order valence-electron chi connectivity index (χ3n) is 4.85. The number of nitrogens with zero attached hydrogens (tertiary/aromatic N) is 2. The molecule has 3 aromatic rings. The molecule has 0 saturated carbocycles. The third-order valence-corrected chi connectivity index (χ3v) is 4.85. The van der Waals surface area contributed by atoms with Crippen LogP contribution >= 0.6 is 0 Å². The van der Waals surface area contributed by atoms with Crippen molar-refractivity contribution in [2.45, 2.75) is 25.3 Å². The second-order valence-corrected chi connectivity index (χ2v) is 6.71. The Balaban J connectivity index is 1.76. The van der Waals surface area contributed by atoms with Crippen molar-refractivity contribution < 1.29 is 13.9 Å². The van der Waals surface area contributed by atoms with Crippen LogP contribution in [0.15, 0.2) is 42.5 Å². The molecule has 140 valence electrons. The number of hydrogen-bond acceptors (Lipinski definition) is 5. The van der Waals surface area contributed by atoms with Gasteiger partial charge in [-0.1, -0.05) is 30.3 Å². The maximum atomic E-state index is 12.9. The lowest BCUT2D eigenvalue weighted by Crippen LogP contribution is -2.38. The Morgan fingerprint density at radius 2 is 1.93 bits per heavy atom. The van der Waals surface area contributed by atoms with Crippen LogP contribution in [0.2, 0.25) is 0 Å². The second-order valence-electron chi connectivity index (χ2n) is 6.71. The zero-order valence-electron chi connectivity index (χ0n) is 14.6. The normalized spacial score (nSPS) is 17.4. The summed E-state index contributed by atoms with van der Waals surface area (Å²) in [5.41, 5.74) is 0.627. The Morgan fingerprint density at radius 3 is 2.63 bits per heavy atom. The predicted octanol–water partition coefficient (Wildman–Crippen LogP) is 4.10. The smallest absolute Gasteiger partial charge is 0.263 e. The fourth-order valence-corrected chi connectivity index (χ4v) is 3.46. The maximum absolute atomic E-state index is 12.9. The molecular formula is C20H20F2N4O. The molecule has 0 unspecified atom stereocenters. The molecule has 7 heteroatoms. The summed E-state index contributed by atoms with van der Waals surface area (Å²) < 4.78 is 25.7. The van der Waals surface area contributed by atoms with Gasteiger partial charge in [0, 0.05) is 34.5 Å². The van der Waals surface area contributed by atoms with E-state index in [1.54, 1.807) is 0 Å².